The Labute approximate surface area is 127 Å². The molecule has 0 amide bonds. The van der Waals surface area contributed by atoms with Gasteiger partial charge in [0.25, 0.3) is 0 Å². The van der Waals surface area contributed by atoms with Crippen LogP contribution in [0.15, 0.2) is 59.5 Å². The van der Waals surface area contributed by atoms with Crippen molar-refractivity contribution in [3.8, 4) is 0 Å². The van der Waals surface area contributed by atoms with Crippen molar-refractivity contribution < 1.29 is 0 Å². The van der Waals surface area contributed by atoms with Crippen LogP contribution in [0.25, 0.3) is 0 Å². The molecule has 1 unspecified atom stereocenters. The van der Waals surface area contributed by atoms with Crippen LogP contribution in [0.2, 0.25) is 0 Å². The van der Waals surface area contributed by atoms with Gasteiger partial charge in [0.2, 0.25) is 0 Å². The smallest absolute Gasteiger partial charge is 0.0205 e. The molecule has 112 valence electrons. The quantitative estimate of drug-likeness (QED) is 0.357. The second kappa shape index (κ2) is 11.9. The molecular formula is C18H30NP. The summed E-state index contributed by atoms with van der Waals surface area (Å²) in [7, 11) is 2.73. The van der Waals surface area contributed by atoms with Gasteiger partial charge in [-0.05, 0) is 43.9 Å². The van der Waals surface area contributed by atoms with Crippen LogP contribution in [0.5, 0.6) is 0 Å². The molecule has 1 N–H and O–H groups in total. The lowest BCUT2D eigenvalue weighted by molar-refractivity contribution is 0.730. The van der Waals surface area contributed by atoms with Gasteiger partial charge >= 0.3 is 0 Å². The van der Waals surface area contributed by atoms with Gasteiger partial charge in [-0.15, -0.1) is 9.24 Å². The van der Waals surface area contributed by atoms with E-state index in [2.05, 4.69) is 66.2 Å². The highest BCUT2D eigenvalue weighted by atomic mass is 31.0. The van der Waals surface area contributed by atoms with E-state index in [1.807, 2.05) is 19.1 Å². The van der Waals surface area contributed by atoms with Crippen LogP contribution in [0.3, 0.4) is 0 Å². The number of rotatable bonds is 9. The summed E-state index contributed by atoms with van der Waals surface area (Å²) in [6.07, 6.45) is 13.7. The highest BCUT2D eigenvalue weighted by Crippen LogP contribution is 2.11. The molecular weight excluding hydrogens is 261 g/mol. The van der Waals surface area contributed by atoms with Crippen LogP contribution in [-0.2, 0) is 0 Å². The summed E-state index contributed by atoms with van der Waals surface area (Å²) in [5, 5.41) is 4.73. The van der Waals surface area contributed by atoms with E-state index >= 15 is 0 Å². The van der Waals surface area contributed by atoms with Gasteiger partial charge in [-0.1, -0.05) is 62.2 Å². The van der Waals surface area contributed by atoms with Crippen LogP contribution in [0, 0.1) is 5.92 Å². The predicted molar refractivity (Wildman–Crippen MR) is 97.0 cm³/mol. The van der Waals surface area contributed by atoms with Gasteiger partial charge in [-0.3, -0.25) is 0 Å². The lowest BCUT2D eigenvalue weighted by Crippen LogP contribution is -2.17. The third kappa shape index (κ3) is 9.95. The molecule has 0 aliphatic heterocycles. The summed E-state index contributed by atoms with van der Waals surface area (Å²) in [5.41, 5.74) is 2.63. The molecule has 0 aromatic heterocycles. The highest BCUT2D eigenvalue weighted by molar-refractivity contribution is 7.22. The van der Waals surface area contributed by atoms with E-state index < -0.39 is 0 Å². The fraction of sp³-hybridized carbons (Fsp3) is 0.444. The number of allylic oxidation sites excluding steroid dienone is 6. The molecule has 20 heavy (non-hydrogen) atoms. The first kappa shape index (κ1) is 19.1. The van der Waals surface area contributed by atoms with Gasteiger partial charge in [0, 0.05) is 6.54 Å². The lowest BCUT2D eigenvalue weighted by Gasteiger charge is -2.07. The van der Waals surface area contributed by atoms with Crippen molar-refractivity contribution in [3.05, 3.63) is 59.5 Å². The summed E-state index contributed by atoms with van der Waals surface area (Å²) in [6.45, 7) is 14.3. The molecule has 0 aromatic rings. The van der Waals surface area contributed by atoms with Crippen LogP contribution >= 0.6 is 9.24 Å². The van der Waals surface area contributed by atoms with E-state index in [4.69, 9.17) is 0 Å². The maximum atomic E-state index is 3.86. The monoisotopic (exact) mass is 291 g/mol. The molecule has 0 heterocycles. The summed E-state index contributed by atoms with van der Waals surface area (Å²) in [5.74, 6) is 0.556. The average molecular weight is 291 g/mol. The summed E-state index contributed by atoms with van der Waals surface area (Å²) in [4.78, 5) is 0. The van der Waals surface area contributed by atoms with Crippen molar-refractivity contribution in [2.75, 3.05) is 13.1 Å². The van der Waals surface area contributed by atoms with E-state index in [0.29, 0.717) is 5.92 Å². The van der Waals surface area contributed by atoms with Crippen molar-refractivity contribution >= 4 is 9.24 Å². The zero-order valence-electron chi connectivity index (χ0n) is 13.4. The fourth-order valence-electron chi connectivity index (χ4n) is 1.80. The van der Waals surface area contributed by atoms with Crippen molar-refractivity contribution in [2.45, 2.75) is 34.1 Å². The molecule has 0 aliphatic rings. The maximum absolute atomic E-state index is 3.86. The van der Waals surface area contributed by atoms with E-state index in [0.717, 1.165) is 19.5 Å². The second-order valence-corrected chi connectivity index (χ2v) is 6.09. The zero-order chi connectivity index (χ0) is 15.4. The molecule has 2 heteroatoms. The van der Waals surface area contributed by atoms with E-state index in [-0.39, 0.29) is 0 Å². The van der Waals surface area contributed by atoms with Crippen molar-refractivity contribution in [1.29, 1.82) is 0 Å². The van der Waals surface area contributed by atoms with Gasteiger partial charge in [0.1, 0.15) is 0 Å². The Hall–Kier alpha value is -0.910. The Morgan fingerprint density at radius 3 is 2.55 bits per heavy atom. The minimum absolute atomic E-state index is 0.556. The standard InChI is InChI=1S/C18H30NP/c1-6-8-10-17(13-16(5)20)14-19-12-9-11-18(7-2)15(3)4/h6-8,10-11,13,15,19H,2,9,12,14,20H2,1,3-5H3/b8-6+,16-13+,17-10+,18-11+. The maximum Gasteiger partial charge on any atom is 0.0205 e. The molecule has 0 aliphatic carbocycles. The van der Waals surface area contributed by atoms with Gasteiger partial charge in [0.05, 0.1) is 0 Å². The van der Waals surface area contributed by atoms with E-state index in [1.165, 1.54) is 16.5 Å². The van der Waals surface area contributed by atoms with Crippen molar-refractivity contribution in [1.82, 2.24) is 5.32 Å². The first-order valence-electron chi connectivity index (χ1n) is 7.30. The molecule has 0 fully saturated rings. The molecule has 0 saturated carbocycles. The molecule has 0 bridgehead atoms. The third-order valence-corrected chi connectivity index (χ3v) is 3.02. The second-order valence-electron chi connectivity index (χ2n) is 5.18. The summed E-state index contributed by atoms with van der Waals surface area (Å²) >= 11 is 0. The Bertz CT molecular complexity index is 394. The number of hydrogen-bond donors (Lipinski definition) is 1. The van der Waals surface area contributed by atoms with E-state index in [1.54, 1.807) is 0 Å². The number of nitrogens with one attached hydrogen (secondary N) is 1. The number of hydrogen-bond acceptors (Lipinski definition) is 1. The van der Waals surface area contributed by atoms with Gasteiger partial charge in [-0.2, -0.15) is 0 Å². The van der Waals surface area contributed by atoms with E-state index in [9.17, 15) is 0 Å². The van der Waals surface area contributed by atoms with Crippen LogP contribution in [0.4, 0.5) is 0 Å². The zero-order valence-corrected chi connectivity index (χ0v) is 14.6. The third-order valence-electron chi connectivity index (χ3n) is 2.85. The fourth-order valence-corrected chi connectivity index (χ4v) is 2.01. The predicted octanol–water partition coefficient (Wildman–Crippen LogP) is 5.02. The highest BCUT2D eigenvalue weighted by Gasteiger charge is 1.97. The molecule has 0 aromatic carbocycles. The molecule has 0 saturated heterocycles. The Morgan fingerprint density at radius 1 is 1.35 bits per heavy atom. The Balaban J connectivity index is 4.26. The SMILES string of the molecule is C=C/C(=C\CCNCC(/C=C(\C)P)=C/C=C/C)C(C)C. The topological polar surface area (TPSA) is 12.0 Å². The van der Waals surface area contributed by atoms with Crippen LogP contribution in [0.1, 0.15) is 34.1 Å². The van der Waals surface area contributed by atoms with Gasteiger partial charge in [0.15, 0.2) is 0 Å². The van der Waals surface area contributed by atoms with Gasteiger partial charge in [-0.25, -0.2) is 0 Å². The molecule has 0 rings (SSSR count). The normalized spacial score (nSPS) is 14.4. The minimum atomic E-state index is 0.556. The molecule has 1 nitrogen and oxygen atoms in total. The largest absolute Gasteiger partial charge is 0.312 e. The summed E-state index contributed by atoms with van der Waals surface area (Å²) < 4.78 is 0. The minimum Gasteiger partial charge on any atom is -0.312 e. The van der Waals surface area contributed by atoms with Crippen molar-refractivity contribution in [2.24, 2.45) is 5.92 Å². The van der Waals surface area contributed by atoms with Gasteiger partial charge < -0.3 is 5.32 Å². The van der Waals surface area contributed by atoms with Crippen molar-refractivity contribution in [3.63, 3.8) is 0 Å². The molecule has 0 radical (unpaired) electrons. The van der Waals surface area contributed by atoms with Crippen LogP contribution < -0.4 is 5.32 Å². The van der Waals surface area contributed by atoms with Crippen LogP contribution in [-0.4, -0.2) is 13.1 Å². The lowest BCUT2D eigenvalue weighted by atomic mass is 10.0. The first-order valence-corrected chi connectivity index (χ1v) is 7.87. The molecule has 1 atom stereocenters. The Morgan fingerprint density at radius 2 is 2.05 bits per heavy atom. The molecule has 0 spiro atoms. The Kier molecular flexibility index (Phi) is 11.3. The first-order chi connectivity index (χ1) is 9.51. The summed E-state index contributed by atoms with van der Waals surface area (Å²) in [6, 6.07) is 0. The average Bonchev–Trinajstić information content (AvgIpc) is 2.38.